The first kappa shape index (κ1) is 22.0. The summed E-state index contributed by atoms with van der Waals surface area (Å²) < 4.78 is 0. The van der Waals surface area contributed by atoms with Crippen molar-refractivity contribution < 1.29 is 9.59 Å². The van der Waals surface area contributed by atoms with Crippen LogP contribution < -0.4 is 0 Å². The van der Waals surface area contributed by atoms with Gasteiger partial charge in [0, 0.05) is 31.7 Å². The van der Waals surface area contributed by atoms with Crippen LogP contribution in [-0.2, 0) is 4.79 Å². The van der Waals surface area contributed by atoms with Crippen molar-refractivity contribution in [1.29, 1.82) is 0 Å². The van der Waals surface area contributed by atoms with E-state index < -0.39 is 0 Å². The number of hydrogen-bond acceptors (Lipinski definition) is 3. The van der Waals surface area contributed by atoms with Crippen LogP contribution >= 0.6 is 0 Å². The highest BCUT2D eigenvalue weighted by atomic mass is 16.2. The Morgan fingerprint density at radius 1 is 0.867 bits per heavy atom. The molecule has 1 fully saturated rings. The van der Waals surface area contributed by atoms with Crippen LogP contribution in [0.15, 0.2) is 54.6 Å². The predicted molar refractivity (Wildman–Crippen MR) is 121 cm³/mol. The molecule has 160 valence electrons. The number of carbonyl (C=O) groups is 2. The molecule has 2 amide bonds. The topological polar surface area (TPSA) is 43.9 Å². The zero-order chi connectivity index (χ0) is 21.7. The van der Waals surface area contributed by atoms with Crippen LogP contribution in [0, 0.1) is 0 Å². The molecule has 0 radical (unpaired) electrons. The van der Waals surface area contributed by atoms with Crippen LogP contribution in [-0.4, -0.2) is 66.3 Å². The highest BCUT2D eigenvalue weighted by Gasteiger charge is 2.32. The van der Waals surface area contributed by atoms with E-state index in [4.69, 9.17) is 0 Å². The van der Waals surface area contributed by atoms with Crippen molar-refractivity contribution in [2.24, 2.45) is 0 Å². The second-order valence-electron chi connectivity index (χ2n) is 8.28. The summed E-state index contributed by atoms with van der Waals surface area (Å²) in [6, 6.07) is 17.5. The van der Waals surface area contributed by atoms with E-state index in [1.54, 1.807) is 0 Å². The lowest BCUT2D eigenvalue weighted by Crippen LogP contribution is -2.53. The maximum absolute atomic E-state index is 13.3. The van der Waals surface area contributed by atoms with Gasteiger partial charge in [-0.25, -0.2) is 0 Å². The van der Waals surface area contributed by atoms with Gasteiger partial charge in [0.1, 0.15) is 6.04 Å². The number of carbonyl (C=O) groups excluding carboxylic acids is 2. The van der Waals surface area contributed by atoms with E-state index in [1.165, 1.54) is 5.56 Å². The van der Waals surface area contributed by atoms with Gasteiger partial charge < -0.3 is 9.80 Å². The molecule has 30 heavy (non-hydrogen) atoms. The van der Waals surface area contributed by atoms with E-state index in [9.17, 15) is 9.59 Å². The Morgan fingerprint density at radius 3 is 1.97 bits per heavy atom. The highest BCUT2D eigenvalue weighted by molar-refractivity contribution is 5.94. The average Bonchev–Trinajstić information content (AvgIpc) is 2.79. The summed E-state index contributed by atoms with van der Waals surface area (Å²) in [5.74, 6) is 0.601. The van der Waals surface area contributed by atoms with Crippen molar-refractivity contribution in [2.75, 3.05) is 39.8 Å². The summed E-state index contributed by atoms with van der Waals surface area (Å²) in [6.07, 6.45) is 0. The molecule has 0 aromatic heterocycles. The molecule has 1 heterocycles. The van der Waals surface area contributed by atoms with Gasteiger partial charge >= 0.3 is 0 Å². The third-order valence-electron chi connectivity index (χ3n) is 5.99. The fourth-order valence-corrected chi connectivity index (χ4v) is 3.90. The third-order valence-corrected chi connectivity index (χ3v) is 5.99. The molecule has 1 aliphatic heterocycles. The van der Waals surface area contributed by atoms with E-state index >= 15 is 0 Å². The van der Waals surface area contributed by atoms with Gasteiger partial charge in [0.2, 0.25) is 5.91 Å². The molecule has 2 aromatic carbocycles. The van der Waals surface area contributed by atoms with Gasteiger partial charge in [0.25, 0.3) is 5.91 Å². The first-order valence-corrected chi connectivity index (χ1v) is 10.9. The van der Waals surface area contributed by atoms with Gasteiger partial charge in [-0.2, -0.15) is 0 Å². The second kappa shape index (κ2) is 9.90. The van der Waals surface area contributed by atoms with Crippen molar-refractivity contribution in [3.8, 4) is 0 Å². The van der Waals surface area contributed by atoms with Crippen LogP contribution in [0.1, 0.15) is 54.2 Å². The molecular formula is C25H33N3O2. The minimum Gasteiger partial charge on any atom is -0.337 e. The molecule has 0 aliphatic carbocycles. The molecule has 3 rings (SSSR count). The van der Waals surface area contributed by atoms with Crippen molar-refractivity contribution in [1.82, 2.24) is 14.7 Å². The standard InChI is InChI=1S/C25H33N3O2/c1-5-26(4)23(21-9-7-6-8-10-21)25(30)28-17-15-27(16-18-28)24(29)22-13-11-20(12-14-22)19(2)3/h6-14,19,23H,5,15-18H2,1-4H3. The van der Waals surface area contributed by atoms with E-state index in [2.05, 4.69) is 25.7 Å². The normalized spacial score (nSPS) is 15.5. The molecule has 1 aliphatic rings. The number of piperazine rings is 1. The maximum atomic E-state index is 13.3. The number of rotatable bonds is 6. The van der Waals surface area contributed by atoms with Gasteiger partial charge in [-0.1, -0.05) is 63.2 Å². The van der Waals surface area contributed by atoms with Crippen molar-refractivity contribution >= 4 is 11.8 Å². The van der Waals surface area contributed by atoms with Gasteiger partial charge in [-0.3, -0.25) is 14.5 Å². The zero-order valence-electron chi connectivity index (χ0n) is 18.5. The number of hydrogen-bond donors (Lipinski definition) is 0. The smallest absolute Gasteiger partial charge is 0.253 e. The van der Waals surface area contributed by atoms with Crippen LogP contribution in [0.4, 0.5) is 0 Å². The fraction of sp³-hybridized carbons (Fsp3) is 0.440. The molecule has 5 heteroatoms. The Kier molecular flexibility index (Phi) is 7.27. The van der Waals surface area contributed by atoms with Crippen LogP contribution in [0.25, 0.3) is 0 Å². The summed E-state index contributed by atoms with van der Waals surface area (Å²) in [7, 11) is 1.98. The second-order valence-corrected chi connectivity index (χ2v) is 8.28. The number of benzene rings is 2. The molecule has 1 unspecified atom stereocenters. The first-order chi connectivity index (χ1) is 14.4. The number of likely N-dealkylation sites (N-methyl/N-ethyl adjacent to an activating group) is 1. The Morgan fingerprint density at radius 2 is 1.43 bits per heavy atom. The summed E-state index contributed by atoms with van der Waals surface area (Å²) in [6.45, 7) is 9.39. The van der Waals surface area contributed by atoms with Gasteiger partial charge in [-0.05, 0) is 42.8 Å². The summed E-state index contributed by atoms with van der Waals surface area (Å²) in [5, 5.41) is 0. The van der Waals surface area contributed by atoms with E-state index in [0.717, 1.165) is 12.1 Å². The van der Waals surface area contributed by atoms with Crippen molar-refractivity contribution in [2.45, 2.75) is 32.7 Å². The Balaban J connectivity index is 1.65. The van der Waals surface area contributed by atoms with Crippen LogP contribution in [0.3, 0.4) is 0 Å². The molecule has 2 aromatic rings. The number of amides is 2. The highest BCUT2D eigenvalue weighted by Crippen LogP contribution is 2.23. The largest absolute Gasteiger partial charge is 0.337 e. The fourth-order valence-electron chi connectivity index (χ4n) is 3.90. The van der Waals surface area contributed by atoms with Gasteiger partial charge in [-0.15, -0.1) is 0 Å². The van der Waals surface area contributed by atoms with E-state index in [1.807, 2.05) is 71.4 Å². The maximum Gasteiger partial charge on any atom is 0.253 e. The molecule has 5 nitrogen and oxygen atoms in total. The average molecular weight is 408 g/mol. The third kappa shape index (κ3) is 4.90. The lowest BCUT2D eigenvalue weighted by molar-refractivity contribution is -0.138. The van der Waals surface area contributed by atoms with Crippen molar-refractivity contribution in [3.05, 3.63) is 71.3 Å². The molecule has 0 saturated carbocycles. The summed E-state index contributed by atoms with van der Waals surface area (Å²) >= 11 is 0. The van der Waals surface area contributed by atoms with Crippen LogP contribution in [0.5, 0.6) is 0 Å². The monoisotopic (exact) mass is 407 g/mol. The van der Waals surface area contributed by atoms with Gasteiger partial charge in [0.05, 0.1) is 0 Å². The minimum absolute atomic E-state index is 0.0442. The molecule has 0 N–H and O–H groups in total. The van der Waals surface area contributed by atoms with Crippen molar-refractivity contribution in [3.63, 3.8) is 0 Å². The minimum atomic E-state index is -0.290. The lowest BCUT2D eigenvalue weighted by Gasteiger charge is -2.38. The zero-order valence-corrected chi connectivity index (χ0v) is 18.5. The Labute approximate surface area is 180 Å². The predicted octanol–water partition coefficient (Wildman–Crippen LogP) is 3.79. The van der Waals surface area contributed by atoms with Gasteiger partial charge in [0.15, 0.2) is 0 Å². The molecule has 0 bridgehead atoms. The van der Waals surface area contributed by atoms with E-state index in [0.29, 0.717) is 37.7 Å². The SMILES string of the molecule is CCN(C)C(C(=O)N1CCN(C(=O)c2ccc(C(C)C)cc2)CC1)c1ccccc1. The Bertz CT molecular complexity index is 840. The number of nitrogens with zero attached hydrogens (tertiary/aromatic N) is 3. The summed E-state index contributed by atoms with van der Waals surface area (Å²) in [5.41, 5.74) is 2.96. The first-order valence-electron chi connectivity index (χ1n) is 10.9. The van der Waals surface area contributed by atoms with Crippen LogP contribution in [0.2, 0.25) is 0 Å². The molecule has 1 saturated heterocycles. The molecule has 0 spiro atoms. The summed E-state index contributed by atoms with van der Waals surface area (Å²) in [4.78, 5) is 32.0. The van der Waals surface area contributed by atoms with E-state index in [-0.39, 0.29) is 17.9 Å². The molecular weight excluding hydrogens is 374 g/mol. The Hall–Kier alpha value is -2.66. The lowest BCUT2D eigenvalue weighted by atomic mass is 10.0. The molecule has 1 atom stereocenters. The quantitative estimate of drug-likeness (QED) is 0.732.